The van der Waals surface area contributed by atoms with Gasteiger partial charge in [-0.3, -0.25) is 4.79 Å². The van der Waals surface area contributed by atoms with E-state index in [9.17, 15) is 4.79 Å². The number of nitrogens with two attached hydrogens (primary N) is 1. The number of methoxy groups -OCH3 is 2. The molecule has 0 aromatic heterocycles. The molecule has 0 saturated heterocycles. The molecule has 0 radical (unpaired) electrons. The molecule has 0 atom stereocenters. The van der Waals surface area contributed by atoms with Crippen molar-refractivity contribution in [1.82, 2.24) is 5.32 Å². The highest BCUT2D eigenvalue weighted by molar-refractivity contribution is 5.73. The molecular formula is C15H24N2O4. The van der Waals surface area contributed by atoms with Gasteiger partial charge < -0.3 is 25.3 Å². The highest BCUT2D eigenvalue weighted by Crippen LogP contribution is 2.38. The second-order valence-electron chi connectivity index (χ2n) is 4.57. The molecule has 3 N–H and O–H groups in total. The van der Waals surface area contributed by atoms with Gasteiger partial charge in [0.05, 0.1) is 27.2 Å². The minimum Gasteiger partial charge on any atom is -0.493 e. The van der Waals surface area contributed by atoms with Crippen molar-refractivity contribution in [3.05, 3.63) is 17.7 Å². The summed E-state index contributed by atoms with van der Waals surface area (Å²) in [6, 6.07) is 3.79. The van der Waals surface area contributed by atoms with E-state index in [1.807, 2.05) is 12.1 Å². The second kappa shape index (κ2) is 9.07. The summed E-state index contributed by atoms with van der Waals surface area (Å²) < 4.78 is 16.3. The monoisotopic (exact) mass is 296 g/mol. The molecule has 0 unspecified atom stereocenters. The van der Waals surface area contributed by atoms with E-state index < -0.39 is 5.91 Å². The molecule has 0 aliphatic heterocycles. The fourth-order valence-electron chi connectivity index (χ4n) is 1.84. The highest BCUT2D eigenvalue weighted by Gasteiger charge is 2.14. The summed E-state index contributed by atoms with van der Waals surface area (Å²) in [5.41, 5.74) is 6.14. The van der Waals surface area contributed by atoms with Crippen LogP contribution in [0.4, 0.5) is 0 Å². The summed E-state index contributed by atoms with van der Waals surface area (Å²) in [5, 5.41) is 3.32. The summed E-state index contributed by atoms with van der Waals surface area (Å²) in [5.74, 6) is 1.23. The van der Waals surface area contributed by atoms with Gasteiger partial charge in [-0.05, 0) is 30.7 Å². The third-order valence-corrected chi connectivity index (χ3v) is 2.87. The van der Waals surface area contributed by atoms with Crippen LogP contribution in [0, 0.1) is 0 Å². The lowest BCUT2D eigenvalue weighted by Gasteiger charge is -2.16. The maximum absolute atomic E-state index is 10.8. The van der Waals surface area contributed by atoms with E-state index in [1.165, 1.54) is 0 Å². The first-order valence-corrected chi connectivity index (χ1v) is 6.99. The average molecular weight is 296 g/mol. The molecule has 0 saturated carbocycles. The first-order chi connectivity index (χ1) is 10.1. The van der Waals surface area contributed by atoms with Gasteiger partial charge in [0.1, 0.15) is 0 Å². The quantitative estimate of drug-likeness (QED) is 0.639. The fraction of sp³-hybridized carbons (Fsp3) is 0.533. The molecule has 118 valence electrons. The van der Waals surface area contributed by atoms with Crippen molar-refractivity contribution in [3.63, 3.8) is 0 Å². The number of benzene rings is 1. The molecular weight excluding hydrogens is 272 g/mol. The number of amides is 1. The van der Waals surface area contributed by atoms with E-state index in [4.69, 9.17) is 19.9 Å². The standard InChI is InChI=1S/C15H24N2O4/c1-4-6-17-10-11-8-12(19-2)15(13(9-11)20-3)21-7-5-14(16)18/h8-9,17H,4-7,10H2,1-3H3,(H2,16,18). The maximum atomic E-state index is 10.8. The lowest BCUT2D eigenvalue weighted by molar-refractivity contribution is -0.118. The number of carbonyl (C=O) groups excluding carboxylic acids is 1. The van der Waals surface area contributed by atoms with E-state index in [1.54, 1.807) is 14.2 Å². The lowest BCUT2D eigenvalue weighted by atomic mass is 10.1. The van der Waals surface area contributed by atoms with Gasteiger partial charge >= 0.3 is 0 Å². The van der Waals surface area contributed by atoms with Gasteiger partial charge in [-0.2, -0.15) is 0 Å². The molecule has 0 spiro atoms. The minimum atomic E-state index is -0.409. The van der Waals surface area contributed by atoms with E-state index in [-0.39, 0.29) is 13.0 Å². The topological polar surface area (TPSA) is 82.8 Å². The fourth-order valence-corrected chi connectivity index (χ4v) is 1.84. The zero-order valence-electron chi connectivity index (χ0n) is 12.9. The van der Waals surface area contributed by atoms with Crippen LogP contribution in [0.15, 0.2) is 12.1 Å². The molecule has 6 heteroatoms. The molecule has 6 nitrogen and oxygen atoms in total. The molecule has 21 heavy (non-hydrogen) atoms. The molecule has 0 bridgehead atoms. The van der Waals surface area contributed by atoms with E-state index >= 15 is 0 Å². The van der Waals surface area contributed by atoms with Crippen LogP contribution < -0.4 is 25.3 Å². The van der Waals surface area contributed by atoms with Crippen LogP contribution in [0.3, 0.4) is 0 Å². The molecule has 1 aromatic rings. The van der Waals surface area contributed by atoms with Gasteiger partial charge in [0.15, 0.2) is 11.5 Å². The Balaban J connectivity index is 2.87. The third-order valence-electron chi connectivity index (χ3n) is 2.87. The van der Waals surface area contributed by atoms with Gasteiger partial charge in [-0.25, -0.2) is 0 Å². The number of rotatable bonds is 10. The number of hydrogen-bond donors (Lipinski definition) is 2. The van der Waals surface area contributed by atoms with Crippen LogP contribution in [-0.4, -0.2) is 33.3 Å². The summed E-state index contributed by atoms with van der Waals surface area (Å²) >= 11 is 0. The zero-order valence-corrected chi connectivity index (χ0v) is 12.9. The Kier molecular flexibility index (Phi) is 7.39. The highest BCUT2D eigenvalue weighted by atomic mass is 16.5. The van der Waals surface area contributed by atoms with Crippen molar-refractivity contribution in [2.45, 2.75) is 26.3 Å². The lowest BCUT2D eigenvalue weighted by Crippen LogP contribution is -2.15. The normalized spacial score (nSPS) is 10.2. The zero-order chi connectivity index (χ0) is 15.7. The number of carbonyl (C=O) groups is 1. The Labute approximate surface area is 125 Å². The van der Waals surface area contributed by atoms with Crippen molar-refractivity contribution in [3.8, 4) is 17.2 Å². The third kappa shape index (κ3) is 5.51. The molecule has 1 rings (SSSR count). The predicted molar refractivity (Wildman–Crippen MR) is 80.9 cm³/mol. The van der Waals surface area contributed by atoms with Crippen molar-refractivity contribution in [2.24, 2.45) is 5.73 Å². The molecule has 0 aliphatic rings. The summed E-state index contributed by atoms with van der Waals surface area (Å²) in [4.78, 5) is 10.8. The Morgan fingerprint density at radius 1 is 1.24 bits per heavy atom. The Morgan fingerprint density at radius 2 is 1.86 bits per heavy atom. The summed E-state index contributed by atoms with van der Waals surface area (Å²) in [6.07, 6.45) is 1.22. The smallest absolute Gasteiger partial charge is 0.220 e. The van der Waals surface area contributed by atoms with Crippen molar-refractivity contribution in [1.29, 1.82) is 0 Å². The molecule has 1 aromatic carbocycles. The van der Waals surface area contributed by atoms with Crippen LogP contribution in [0.25, 0.3) is 0 Å². The van der Waals surface area contributed by atoms with E-state index in [0.717, 1.165) is 25.1 Å². The molecule has 0 heterocycles. The van der Waals surface area contributed by atoms with Crippen molar-refractivity contribution < 1.29 is 19.0 Å². The average Bonchev–Trinajstić information content (AvgIpc) is 2.47. The predicted octanol–water partition coefficient (Wildman–Crippen LogP) is 1.46. The van der Waals surface area contributed by atoms with E-state index in [2.05, 4.69) is 12.2 Å². The molecule has 1 amide bonds. The largest absolute Gasteiger partial charge is 0.493 e. The molecule has 0 fully saturated rings. The number of nitrogens with one attached hydrogen (secondary N) is 1. The van der Waals surface area contributed by atoms with Gasteiger partial charge in [0, 0.05) is 6.54 Å². The Bertz CT molecular complexity index is 438. The van der Waals surface area contributed by atoms with Crippen LogP contribution in [0.5, 0.6) is 17.2 Å². The second-order valence-corrected chi connectivity index (χ2v) is 4.57. The van der Waals surface area contributed by atoms with Crippen LogP contribution in [0.2, 0.25) is 0 Å². The van der Waals surface area contributed by atoms with Crippen LogP contribution >= 0.6 is 0 Å². The SMILES string of the molecule is CCCNCc1cc(OC)c(OCCC(N)=O)c(OC)c1. The Morgan fingerprint density at radius 3 is 2.33 bits per heavy atom. The van der Waals surface area contributed by atoms with Gasteiger partial charge in [0.25, 0.3) is 0 Å². The number of hydrogen-bond acceptors (Lipinski definition) is 5. The number of primary amides is 1. The van der Waals surface area contributed by atoms with Gasteiger partial charge in [-0.15, -0.1) is 0 Å². The van der Waals surface area contributed by atoms with Crippen LogP contribution in [0.1, 0.15) is 25.3 Å². The van der Waals surface area contributed by atoms with Gasteiger partial charge in [-0.1, -0.05) is 6.92 Å². The van der Waals surface area contributed by atoms with Gasteiger partial charge in [0.2, 0.25) is 11.7 Å². The Hall–Kier alpha value is -1.95. The van der Waals surface area contributed by atoms with Crippen molar-refractivity contribution in [2.75, 3.05) is 27.4 Å². The first kappa shape index (κ1) is 17.1. The summed E-state index contributed by atoms with van der Waals surface area (Å²) in [7, 11) is 3.14. The van der Waals surface area contributed by atoms with E-state index in [0.29, 0.717) is 17.2 Å². The minimum absolute atomic E-state index is 0.145. The maximum Gasteiger partial charge on any atom is 0.220 e. The van der Waals surface area contributed by atoms with Crippen LogP contribution in [-0.2, 0) is 11.3 Å². The first-order valence-electron chi connectivity index (χ1n) is 6.99. The summed E-state index contributed by atoms with van der Waals surface area (Å²) in [6.45, 7) is 3.98. The number of ether oxygens (including phenoxy) is 3. The van der Waals surface area contributed by atoms with Crippen molar-refractivity contribution >= 4 is 5.91 Å². The molecule has 0 aliphatic carbocycles.